The molecule has 35 heavy (non-hydrogen) atoms. The molecule has 0 radical (unpaired) electrons. The van der Waals surface area contributed by atoms with Gasteiger partial charge in [0.25, 0.3) is 0 Å². The highest BCUT2D eigenvalue weighted by molar-refractivity contribution is 7.89. The summed E-state index contributed by atoms with van der Waals surface area (Å²) < 4.78 is 71.6. The van der Waals surface area contributed by atoms with Crippen molar-refractivity contribution < 1.29 is 31.0 Å². The van der Waals surface area contributed by atoms with Crippen molar-refractivity contribution in [2.75, 3.05) is 65.5 Å². The molecule has 1 aliphatic heterocycles. The second-order valence-corrected chi connectivity index (χ2v) is 11.7. The summed E-state index contributed by atoms with van der Waals surface area (Å²) in [4.78, 5) is 2.15. The number of hydrogen-bond donors (Lipinski definition) is 0. The molecule has 0 aliphatic carbocycles. The number of rotatable bonds is 10. The topological polar surface area (TPSA) is 106 Å². The van der Waals surface area contributed by atoms with Gasteiger partial charge in [-0.05, 0) is 30.3 Å². The van der Waals surface area contributed by atoms with Crippen molar-refractivity contribution in [1.29, 1.82) is 0 Å². The van der Waals surface area contributed by atoms with Crippen molar-refractivity contribution in [1.82, 2.24) is 8.61 Å². The Hall–Kier alpha value is -2.54. The highest BCUT2D eigenvalue weighted by Gasteiger charge is 2.32. The molecule has 0 saturated carbocycles. The van der Waals surface area contributed by atoms with E-state index in [-0.39, 0.29) is 28.6 Å². The van der Waals surface area contributed by atoms with E-state index in [0.29, 0.717) is 43.4 Å². The van der Waals surface area contributed by atoms with Gasteiger partial charge in [0.05, 0.1) is 31.9 Å². The lowest BCUT2D eigenvalue weighted by Crippen LogP contribution is -2.48. The average Bonchev–Trinajstić information content (AvgIpc) is 2.88. The average molecular weight is 528 g/mol. The number of hydrogen-bond acceptors (Lipinski definition) is 8. The summed E-state index contributed by atoms with van der Waals surface area (Å²) in [6.45, 7) is 5.45. The van der Waals surface area contributed by atoms with Crippen LogP contribution in [0.1, 0.15) is 13.8 Å². The first-order valence-electron chi connectivity index (χ1n) is 11.3. The molecule has 0 N–H and O–H groups in total. The molecule has 1 saturated heterocycles. The first-order valence-corrected chi connectivity index (χ1v) is 14.2. The predicted molar refractivity (Wildman–Crippen MR) is 134 cm³/mol. The molecule has 10 nitrogen and oxygen atoms in total. The molecule has 1 heterocycles. The summed E-state index contributed by atoms with van der Waals surface area (Å²) in [5.74, 6) is 1.18. The van der Waals surface area contributed by atoms with E-state index in [2.05, 4.69) is 0 Å². The fourth-order valence-corrected chi connectivity index (χ4v) is 7.16. The van der Waals surface area contributed by atoms with Crippen LogP contribution in [0, 0.1) is 0 Å². The van der Waals surface area contributed by atoms with Crippen LogP contribution in [0.4, 0.5) is 5.69 Å². The molecule has 1 fully saturated rings. The molecule has 0 bridgehead atoms. The van der Waals surface area contributed by atoms with Crippen molar-refractivity contribution in [3.8, 4) is 17.2 Å². The van der Waals surface area contributed by atoms with Gasteiger partial charge in [-0.15, -0.1) is 0 Å². The minimum Gasteiger partial charge on any atom is -0.497 e. The zero-order valence-electron chi connectivity index (χ0n) is 20.7. The van der Waals surface area contributed by atoms with Crippen LogP contribution in [0.15, 0.2) is 46.2 Å². The van der Waals surface area contributed by atoms with Crippen LogP contribution in [-0.4, -0.2) is 86.0 Å². The number of nitrogens with zero attached hydrogens (tertiary/aromatic N) is 3. The molecule has 0 unspecified atom stereocenters. The molecule has 3 rings (SSSR count). The van der Waals surface area contributed by atoms with Crippen molar-refractivity contribution in [3.05, 3.63) is 36.4 Å². The zero-order valence-corrected chi connectivity index (χ0v) is 22.4. The van der Waals surface area contributed by atoms with Gasteiger partial charge in [-0.25, -0.2) is 16.8 Å². The summed E-state index contributed by atoms with van der Waals surface area (Å²) >= 11 is 0. The van der Waals surface area contributed by atoms with Gasteiger partial charge in [-0.3, -0.25) is 0 Å². The molecule has 0 spiro atoms. The maximum atomic E-state index is 13.4. The van der Waals surface area contributed by atoms with Gasteiger partial charge in [-0.2, -0.15) is 8.61 Å². The highest BCUT2D eigenvalue weighted by atomic mass is 32.2. The molecule has 194 valence electrons. The molecule has 0 aromatic heterocycles. The van der Waals surface area contributed by atoms with E-state index in [4.69, 9.17) is 14.2 Å². The lowest BCUT2D eigenvalue weighted by Gasteiger charge is -2.36. The number of methoxy groups -OCH3 is 3. The summed E-state index contributed by atoms with van der Waals surface area (Å²) in [6, 6.07) is 9.42. The first kappa shape index (κ1) is 27.1. The van der Waals surface area contributed by atoms with Crippen LogP contribution in [0.25, 0.3) is 0 Å². The normalized spacial score (nSPS) is 15.3. The number of ether oxygens (including phenoxy) is 3. The number of benzene rings is 2. The van der Waals surface area contributed by atoms with E-state index in [9.17, 15) is 16.8 Å². The fraction of sp³-hybridized carbons (Fsp3) is 0.478. The molecular weight excluding hydrogens is 494 g/mol. The van der Waals surface area contributed by atoms with Gasteiger partial charge in [-0.1, -0.05) is 13.8 Å². The van der Waals surface area contributed by atoms with Crippen molar-refractivity contribution >= 4 is 25.7 Å². The first-order chi connectivity index (χ1) is 16.6. The number of anilines is 1. The van der Waals surface area contributed by atoms with Gasteiger partial charge >= 0.3 is 0 Å². The number of piperazine rings is 1. The molecule has 2 aromatic carbocycles. The summed E-state index contributed by atoms with van der Waals surface area (Å²) in [5.41, 5.74) is 0.608. The Balaban J connectivity index is 1.87. The standard InChI is InChI=1S/C23H33N3O7S2/c1-6-25(7-2)34(27,28)19-9-11-21(32-4)20(17-19)24-12-14-26(15-13-24)35(29,30)23-16-18(31-3)8-10-22(23)33-5/h8-11,16-17H,6-7,12-15H2,1-5H3. The van der Waals surface area contributed by atoms with E-state index < -0.39 is 20.0 Å². The van der Waals surface area contributed by atoms with Crippen LogP contribution in [0.2, 0.25) is 0 Å². The third-order valence-electron chi connectivity index (χ3n) is 6.06. The van der Waals surface area contributed by atoms with Crippen molar-refractivity contribution in [2.45, 2.75) is 23.6 Å². The highest BCUT2D eigenvalue weighted by Crippen LogP contribution is 2.35. The van der Waals surface area contributed by atoms with Crippen molar-refractivity contribution in [3.63, 3.8) is 0 Å². The smallest absolute Gasteiger partial charge is 0.247 e. The Morgan fingerprint density at radius 2 is 1.40 bits per heavy atom. The summed E-state index contributed by atoms with van der Waals surface area (Å²) in [7, 11) is -3.08. The van der Waals surface area contributed by atoms with Crippen LogP contribution in [-0.2, 0) is 20.0 Å². The fourth-order valence-electron chi connectivity index (χ4n) is 4.08. The van der Waals surface area contributed by atoms with Crippen LogP contribution in [0.5, 0.6) is 17.2 Å². The molecule has 2 aromatic rings. The molecule has 0 amide bonds. The molecule has 12 heteroatoms. The van der Waals surface area contributed by atoms with E-state index >= 15 is 0 Å². The molecular formula is C23H33N3O7S2. The maximum Gasteiger partial charge on any atom is 0.247 e. The monoisotopic (exact) mass is 527 g/mol. The van der Waals surface area contributed by atoms with Gasteiger partial charge < -0.3 is 19.1 Å². The Bertz CT molecular complexity index is 1240. The van der Waals surface area contributed by atoms with E-state index in [1.54, 1.807) is 38.1 Å². The maximum absolute atomic E-state index is 13.4. The van der Waals surface area contributed by atoms with Crippen molar-refractivity contribution in [2.24, 2.45) is 0 Å². The van der Waals surface area contributed by atoms with Crippen LogP contribution < -0.4 is 19.1 Å². The van der Waals surface area contributed by atoms with Gasteiger partial charge in [0.1, 0.15) is 22.1 Å². The van der Waals surface area contributed by atoms with E-state index in [1.807, 2.05) is 4.90 Å². The number of sulfonamides is 2. The second kappa shape index (κ2) is 11.0. The van der Waals surface area contributed by atoms with Crippen LogP contribution in [0.3, 0.4) is 0 Å². The van der Waals surface area contributed by atoms with Gasteiger partial charge in [0.15, 0.2) is 0 Å². The summed E-state index contributed by atoms with van der Waals surface area (Å²) in [5, 5.41) is 0. The lowest BCUT2D eigenvalue weighted by atomic mass is 10.2. The third-order valence-corrected chi connectivity index (χ3v) is 10.0. The second-order valence-electron chi connectivity index (χ2n) is 7.83. The molecule has 0 atom stereocenters. The third kappa shape index (κ3) is 5.35. The summed E-state index contributed by atoms with van der Waals surface area (Å²) in [6.07, 6.45) is 0. The predicted octanol–water partition coefficient (Wildman–Crippen LogP) is 2.25. The Labute approximate surface area is 208 Å². The minimum atomic E-state index is -3.84. The minimum absolute atomic E-state index is 0.0395. The Morgan fingerprint density at radius 1 is 0.800 bits per heavy atom. The lowest BCUT2D eigenvalue weighted by molar-refractivity contribution is 0.367. The van der Waals surface area contributed by atoms with Crippen LogP contribution >= 0.6 is 0 Å². The van der Waals surface area contributed by atoms with E-state index in [0.717, 1.165) is 0 Å². The van der Waals surface area contributed by atoms with Gasteiger partial charge in [0.2, 0.25) is 20.0 Å². The Kier molecular flexibility index (Phi) is 8.52. The van der Waals surface area contributed by atoms with Gasteiger partial charge in [0, 0.05) is 45.3 Å². The largest absolute Gasteiger partial charge is 0.497 e. The quantitative estimate of drug-likeness (QED) is 0.463. The molecule has 1 aliphatic rings. The zero-order chi connectivity index (χ0) is 25.8. The van der Waals surface area contributed by atoms with E-state index in [1.165, 1.54) is 42.1 Å². The SMILES string of the molecule is CCN(CC)S(=O)(=O)c1ccc(OC)c(N2CCN(S(=O)(=O)c3cc(OC)ccc3OC)CC2)c1. The Morgan fingerprint density at radius 3 is 1.94 bits per heavy atom.